The summed E-state index contributed by atoms with van der Waals surface area (Å²) >= 11 is 0. The molecule has 2 heterocycles. The number of amides is 1. The molecule has 1 saturated carbocycles. The van der Waals surface area contributed by atoms with Crippen molar-refractivity contribution in [3.63, 3.8) is 0 Å². The molecule has 1 fully saturated rings. The number of aryl methyl sites for hydroxylation is 1. The lowest BCUT2D eigenvalue weighted by molar-refractivity contribution is -0.121. The van der Waals surface area contributed by atoms with Crippen molar-refractivity contribution >= 4 is 22.8 Å². The third kappa shape index (κ3) is 4.31. The molecule has 2 N–H and O–H groups in total. The van der Waals surface area contributed by atoms with Gasteiger partial charge in [-0.3, -0.25) is 9.48 Å². The van der Waals surface area contributed by atoms with E-state index in [9.17, 15) is 4.79 Å². The summed E-state index contributed by atoms with van der Waals surface area (Å²) < 4.78 is 1.76. The van der Waals surface area contributed by atoms with Crippen LogP contribution in [0.15, 0.2) is 6.20 Å². The molecule has 0 radical (unpaired) electrons. The number of fused-ring (bicyclic) bond motifs is 1. The van der Waals surface area contributed by atoms with Gasteiger partial charge in [0.1, 0.15) is 11.6 Å². The van der Waals surface area contributed by atoms with Crippen LogP contribution in [-0.2, 0) is 17.3 Å². The number of hydrogen-bond donors (Lipinski definition) is 2. The highest BCUT2D eigenvalue weighted by atomic mass is 16.1. The van der Waals surface area contributed by atoms with Gasteiger partial charge in [-0.2, -0.15) is 5.10 Å². The minimum absolute atomic E-state index is 0.108. The SMILES string of the molecule is Cn1ncc2c(NCCC(=O)NC3CCCCC3)nc(C(C)(C)C)nc21. The lowest BCUT2D eigenvalue weighted by atomic mass is 9.95. The summed E-state index contributed by atoms with van der Waals surface area (Å²) in [6.07, 6.45) is 8.15. The highest BCUT2D eigenvalue weighted by molar-refractivity contribution is 5.86. The van der Waals surface area contributed by atoms with Crippen molar-refractivity contribution in [1.82, 2.24) is 25.1 Å². The van der Waals surface area contributed by atoms with Crippen molar-refractivity contribution in [2.45, 2.75) is 70.8 Å². The summed E-state index contributed by atoms with van der Waals surface area (Å²) in [5.74, 6) is 1.62. The minimum atomic E-state index is -0.159. The lowest BCUT2D eigenvalue weighted by Crippen LogP contribution is -2.36. The summed E-state index contributed by atoms with van der Waals surface area (Å²) in [5, 5.41) is 11.6. The Morgan fingerprint density at radius 2 is 1.96 bits per heavy atom. The molecule has 3 rings (SSSR count). The van der Waals surface area contributed by atoms with Crippen LogP contribution in [0, 0.1) is 0 Å². The van der Waals surface area contributed by atoms with Gasteiger partial charge in [-0.05, 0) is 12.8 Å². The first kappa shape index (κ1) is 18.6. The molecule has 0 atom stereocenters. The van der Waals surface area contributed by atoms with Crippen molar-refractivity contribution in [3.8, 4) is 0 Å². The largest absolute Gasteiger partial charge is 0.369 e. The number of carbonyl (C=O) groups is 1. The Bertz CT molecular complexity index is 770. The molecular weight excluding hydrogens is 328 g/mol. The van der Waals surface area contributed by atoms with Gasteiger partial charge in [0.15, 0.2) is 5.65 Å². The summed E-state index contributed by atoms with van der Waals surface area (Å²) in [4.78, 5) is 21.5. The molecule has 2 aromatic rings. The van der Waals surface area contributed by atoms with E-state index >= 15 is 0 Å². The Kier molecular flexibility index (Phi) is 5.44. The summed E-state index contributed by atoms with van der Waals surface area (Å²) in [5.41, 5.74) is 0.645. The normalized spacial score (nSPS) is 16.0. The van der Waals surface area contributed by atoms with Gasteiger partial charge in [0, 0.05) is 31.5 Å². The molecule has 0 unspecified atom stereocenters. The van der Waals surface area contributed by atoms with Gasteiger partial charge in [-0.1, -0.05) is 40.0 Å². The lowest BCUT2D eigenvalue weighted by Gasteiger charge is -2.22. The van der Waals surface area contributed by atoms with E-state index in [4.69, 9.17) is 4.98 Å². The third-order valence-corrected chi connectivity index (χ3v) is 4.88. The summed E-state index contributed by atoms with van der Waals surface area (Å²) in [6.45, 7) is 6.81. The Labute approximate surface area is 155 Å². The fourth-order valence-electron chi connectivity index (χ4n) is 3.33. The number of hydrogen-bond acceptors (Lipinski definition) is 5. The fraction of sp³-hybridized carbons (Fsp3) is 0.684. The van der Waals surface area contributed by atoms with Crippen LogP contribution in [0.25, 0.3) is 11.0 Å². The minimum Gasteiger partial charge on any atom is -0.369 e. The predicted molar refractivity (Wildman–Crippen MR) is 103 cm³/mol. The topological polar surface area (TPSA) is 84.7 Å². The zero-order valence-corrected chi connectivity index (χ0v) is 16.3. The van der Waals surface area contributed by atoms with Gasteiger partial charge >= 0.3 is 0 Å². The molecule has 1 aliphatic rings. The maximum Gasteiger partial charge on any atom is 0.221 e. The quantitative estimate of drug-likeness (QED) is 0.858. The molecular formula is C19H30N6O. The molecule has 1 aliphatic carbocycles. The van der Waals surface area contributed by atoms with Crippen LogP contribution in [-0.4, -0.2) is 38.2 Å². The van der Waals surface area contributed by atoms with Crippen LogP contribution >= 0.6 is 0 Å². The number of nitrogens with zero attached hydrogens (tertiary/aromatic N) is 4. The highest BCUT2D eigenvalue weighted by Crippen LogP contribution is 2.25. The highest BCUT2D eigenvalue weighted by Gasteiger charge is 2.21. The molecule has 0 aliphatic heterocycles. The van der Waals surface area contributed by atoms with Crippen LogP contribution in [0.1, 0.15) is 65.1 Å². The van der Waals surface area contributed by atoms with Crippen LogP contribution in [0.4, 0.5) is 5.82 Å². The molecule has 0 spiro atoms. The molecule has 7 nitrogen and oxygen atoms in total. The Morgan fingerprint density at radius 3 is 2.65 bits per heavy atom. The molecule has 7 heteroatoms. The van der Waals surface area contributed by atoms with Crippen LogP contribution in [0.2, 0.25) is 0 Å². The standard InChI is InChI=1S/C19H30N6O/c1-19(2,3)18-23-16(14-12-21-25(4)17(14)24-18)20-11-10-15(26)22-13-8-6-5-7-9-13/h12-13H,5-11H2,1-4H3,(H,22,26)(H,20,23,24). The molecule has 1 amide bonds. The number of carbonyl (C=O) groups excluding carboxylic acids is 1. The van der Waals surface area contributed by atoms with Crippen molar-refractivity contribution in [2.24, 2.45) is 7.05 Å². The molecule has 0 bridgehead atoms. The van der Waals surface area contributed by atoms with Crippen LogP contribution < -0.4 is 10.6 Å². The van der Waals surface area contributed by atoms with Crippen LogP contribution in [0.5, 0.6) is 0 Å². The molecule has 142 valence electrons. The first-order valence-corrected chi connectivity index (χ1v) is 9.58. The van der Waals surface area contributed by atoms with Gasteiger partial charge in [-0.25, -0.2) is 9.97 Å². The third-order valence-electron chi connectivity index (χ3n) is 4.88. The zero-order chi connectivity index (χ0) is 18.7. The van der Waals surface area contributed by atoms with Gasteiger partial charge in [0.2, 0.25) is 5.91 Å². The van der Waals surface area contributed by atoms with E-state index in [0.717, 1.165) is 35.5 Å². The summed E-state index contributed by atoms with van der Waals surface area (Å²) in [7, 11) is 1.88. The van der Waals surface area contributed by atoms with E-state index in [1.165, 1.54) is 19.3 Å². The monoisotopic (exact) mass is 358 g/mol. The van der Waals surface area contributed by atoms with E-state index < -0.39 is 0 Å². The number of anilines is 1. The predicted octanol–water partition coefficient (Wildman–Crippen LogP) is 2.91. The van der Waals surface area contributed by atoms with Crippen molar-refractivity contribution in [2.75, 3.05) is 11.9 Å². The second kappa shape index (κ2) is 7.60. The second-order valence-corrected chi connectivity index (χ2v) is 8.23. The van der Waals surface area contributed by atoms with E-state index in [-0.39, 0.29) is 11.3 Å². The number of rotatable bonds is 5. The van der Waals surface area contributed by atoms with Crippen molar-refractivity contribution in [3.05, 3.63) is 12.0 Å². The molecule has 0 saturated heterocycles. The molecule has 26 heavy (non-hydrogen) atoms. The zero-order valence-electron chi connectivity index (χ0n) is 16.3. The maximum absolute atomic E-state index is 12.2. The van der Waals surface area contributed by atoms with Gasteiger partial charge < -0.3 is 10.6 Å². The van der Waals surface area contributed by atoms with E-state index in [1.54, 1.807) is 10.9 Å². The van der Waals surface area contributed by atoms with E-state index in [2.05, 4.69) is 41.5 Å². The van der Waals surface area contributed by atoms with Gasteiger partial charge in [-0.15, -0.1) is 0 Å². The van der Waals surface area contributed by atoms with E-state index in [0.29, 0.717) is 19.0 Å². The van der Waals surface area contributed by atoms with Crippen LogP contribution in [0.3, 0.4) is 0 Å². The molecule has 2 aromatic heterocycles. The smallest absolute Gasteiger partial charge is 0.221 e. The Hall–Kier alpha value is -2.18. The average molecular weight is 358 g/mol. The maximum atomic E-state index is 12.2. The van der Waals surface area contributed by atoms with E-state index in [1.807, 2.05) is 7.05 Å². The van der Waals surface area contributed by atoms with Gasteiger partial charge in [0.05, 0.1) is 11.6 Å². The first-order chi connectivity index (χ1) is 12.3. The number of nitrogens with one attached hydrogen (secondary N) is 2. The fourth-order valence-corrected chi connectivity index (χ4v) is 3.33. The van der Waals surface area contributed by atoms with Crippen molar-refractivity contribution < 1.29 is 4.79 Å². The Morgan fingerprint density at radius 1 is 1.23 bits per heavy atom. The van der Waals surface area contributed by atoms with Crippen molar-refractivity contribution in [1.29, 1.82) is 0 Å². The van der Waals surface area contributed by atoms with Gasteiger partial charge in [0.25, 0.3) is 0 Å². The number of aromatic nitrogens is 4. The second-order valence-electron chi connectivity index (χ2n) is 8.23. The Balaban J connectivity index is 1.65. The summed E-state index contributed by atoms with van der Waals surface area (Å²) in [6, 6.07) is 0.354. The molecule has 0 aromatic carbocycles. The first-order valence-electron chi connectivity index (χ1n) is 9.58. The average Bonchev–Trinajstić information content (AvgIpc) is 2.96.